The molecule has 1 unspecified atom stereocenters. The lowest BCUT2D eigenvalue weighted by Gasteiger charge is -2.10. The van der Waals surface area contributed by atoms with E-state index in [-0.39, 0.29) is 18.2 Å². The molecule has 92 valence electrons. The molecule has 1 aliphatic heterocycles. The zero-order valence-electron chi connectivity index (χ0n) is 9.71. The first-order valence-corrected chi connectivity index (χ1v) is 6.35. The van der Waals surface area contributed by atoms with Crippen LogP contribution < -0.4 is 5.32 Å². The van der Waals surface area contributed by atoms with Gasteiger partial charge in [-0.05, 0) is 23.7 Å². The monoisotopic (exact) mass is 261 g/mol. The maximum atomic E-state index is 11.8. The molecular formula is C12H11N3O2S. The lowest BCUT2D eigenvalue weighted by atomic mass is 10.2. The van der Waals surface area contributed by atoms with E-state index in [0.717, 1.165) is 15.9 Å². The smallest absolute Gasteiger partial charge is 0.251 e. The third-order valence-corrected chi connectivity index (χ3v) is 3.88. The van der Waals surface area contributed by atoms with E-state index < -0.39 is 6.04 Å². The molecule has 3 rings (SSSR count). The zero-order valence-corrected chi connectivity index (χ0v) is 10.5. The number of carbonyl (C=O) groups excluding carboxylic acids is 2. The molecule has 5 nitrogen and oxygen atoms in total. The largest absolute Gasteiger partial charge is 0.363 e. The number of anilines is 1. The Morgan fingerprint density at radius 3 is 2.89 bits per heavy atom. The third kappa shape index (κ3) is 1.65. The summed E-state index contributed by atoms with van der Waals surface area (Å²) < 4.78 is 4.29. The van der Waals surface area contributed by atoms with Crippen molar-refractivity contribution in [2.45, 2.75) is 12.5 Å². The first-order chi connectivity index (χ1) is 8.66. The minimum absolute atomic E-state index is 0.147. The average molecular weight is 261 g/mol. The molecule has 1 N–H and O–H groups in total. The molecule has 1 saturated heterocycles. The number of fused-ring (bicyclic) bond motifs is 1. The van der Waals surface area contributed by atoms with E-state index >= 15 is 0 Å². The predicted molar refractivity (Wildman–Crippen MR) is 69.4 cm³/mol. The summed E-state index contributed by atoms with van der Waals surface area (Å²) in [6, 6.07) is 7.25. The third-order valence-electron chi connectivity index (χ3n) is 3.07. The van der Waals surface area contributed by atoms with Gasteiger partial charge in [-0.1, -0.05) is 12.1 Å². The Hall–Kier alpha value is -1.95. The molecule has 0 aliphatic carbocycles. The number of nitrogens with zero attached hydrogens (tertiary/aromatic N) is 2. The van der Waals surface area contributed by atoms with Crippen molar-refractivity contribution in [1.82, 2.24) is 9.27 Å². The SMILES string of the molecule is CN1C(=O)CC(Nc2snc3ccccc23)C1=O. The number of rotatable bonds is 2. The number of likely N-dealkylation sites (tertiary alicyclic amines) is 1. The maximum absolute atomic E-state index is 11.8. The van der Waals surface area contributed by atoms with E-state index in [2.05, 4.69) is 9.69 Å². The number of hydrogen-bond acceptors (Lipinski definition) is 5. The van der Waals surface area contributed by atoms with E-state index in [1.165, 1.54) is 23.5 Å². The number of carbonyl (C=O) groups is 2. The summed E-state index contributed by atoms with van der Waals surface area (Å²) in [5.41, 5.74) is 0.898. The molecule has 6 heteroatoms. The van der Waals surface area contributed by atoms with Gasteiger partial charge in [-0.3, -0.25) is 14.5 Å². The molecule has 1 aromatic heterocycles. The highest BCUT2D eigenvalue weighted by Gasteiger charge is 2.36. The molecular weight excluding hydrogens is 250 g/mol. The second kappa shape index (κ2) is 4.06. The molecule has 1 atom stereocenters. The van der Waals surface area contributed by atoms with E-state index in [0.29, 0.717) is 0 Å². The molecule has 0 radical (unpaired) electrons. The molecule has 2 aromatic rings. The zero-order chi connectivity index (χ0) is 12.7. The van der Waals surface area contributed by atoms with E-state index in [4.69, 9.17) is 0 Å². The van der Waals surface area contributed by atoms with Gasteiger partial charge in [0.2, 0.25) is 5.91 Å². The van der Waals surface area contributed by atoms with Crippen molar-refractivity contribution in [2.75, 3.05) is 12.4 Å². The molecule has 1 aliphatic rings. The van der Waals surface area contributed by atoms with Crippen LogP contribution in [0.2, 0.25) is 0 Å². The Bertz CT molecular complexity index is 637. The first-order valence-electron chi connectivity index (χ1n) is 5.58. The van der Waals surface area contributed by atoms with Gasteiger partial charge in [0.15, 0.2) is 0 Å². The van der Waals surface area contributed by atoms with Crippen LogP contribution in [0.15, 0.2) is 24.3 Å². The molecule has 2 amide bonds. The Morgan fingerprint density at radius 2 is 2.17 bits per heavy atom. The molecule has 18 heavy (non-hydrogen) atoms. The summed E-state index contributed by atoms with van der Waals surface area (Å²) in [7, 11) is 1.51. The number of imide groups is 1. The van der Waals surface area contributed by atoms with Crippen LogP contribution in [-0.2, 0) is 9.59 Å². The van der Waals surface area contributed by atoms with E-state index in [9.17, 15) is 9.59 Å². The summed E-state index contributed by atoms with van der Waals surface area (Å²) in [5, 5.41) is 4.94. The van der Waals surface area contributed by atoms with Gasteiger partial charge < -0.3 is 5.32 Å². The summed E-state index contributed by atoms with van der Waals surface area (Å²) >= 11 is 1.31. The lowest BCUT2D eigenvalue weighted by Crippen LogP contribution is -2.31. The van der Waals surface area contributed by atoms with Crippen LogP contribution in [-0.4, -0.2) is 34.2 Å². The van der Waals surface area contributed by atoms with Gasteiger partial charge >= 0.3 is 0 Å². The van der Waals surface area contributed by atoms with Gasteiger partial charge in [0.25, 0.3) is 5.91 Å². The molecule has 0 saturated carbocycles. The van der Waals surface area contributed by atoms with Gasteiger partial charge in [0.1, 0.15) is 11.0 Å². The number of hydrogen-bond donors (Lipinski definition) is 1. The molecule has 2 heterocycles. The van der Waals surface area contributed by atoms with Gasteiger partial charge in [-0.25, -0.2) is 0 Å². The number of nitrogens with one attached hydrogen (secondary N) is 1. The van der Waals surface area contributed by atoms with Crippen molar-refractivity contribution < 1.29 is 9.59 Å². The van der Waals surface area contributed by atoms with Crippen LogP contribution >= 0.6 is 11.5 Å². The fourth-order valence-corrected chi connectivity index (χ4v) is 2.83. The fraction of sp³-hybridized carbons (Fsp3) is 0.250. The number of benzene rings is 1. The maximum Gasteiger partial charge on any atom is 0.251 e. The second-order valence-electron chi connectivity index (χ2n) is 4.22. The second-order valence-corrected chi connectivity index (χ2v) is 4.99. The van der Waals surface area contributed by atoms with Crippen molar-refractivity contribution in [3.8, 4) is 0 Å². The number of aromatic nitrogens is 1. The first kappa shape index (κ1) is 11.2. The summed E-state index contributed by atoms with van der Waals surface area (Å²) in [5.74, 6) is -0.330. The Morgan fingerprint density at radius 1 is 1.39 bits per heavy atom. The minimum atomic E-state index is -0.466. The fourth-order valence-electron chi connectivity index (χ4n) is 2.02. The standard InChI is InChI=1S/C12H11N3O2S/c1-15-10(16)6-9(12(15)17)13-11-7-4-2-3-5-8(7)14-18-11/h2-5,9,13H,6H2,1H3. The normalized spacial score (nSPS) is 19.8. The van der Waals surface area contributed by atoms with Crippen LogP contribution in [0.25, 0.3) is 10.9 Å². The summed E-state index contributed by atoms with van der Waals surface area (Å²) in [6.45, 7) is 0. The van der Waals surface area contributed by atoms with E-state index in [1.54, 1.807) is 0 Å². The van der Waals surface area contributed by atoms with Gasteiger partial charge in [0.05, 0.1) is 11.9 Å². The molecule has 1 fully saturated rings. The van der Waals surface area contributed by atoms with Crippen LogP contribution in [0.3, 0.4) is 0 Å². The summed E-state index contributed by atoms with van der Waals surface area (Å²) in [6.07, 6.45) is 0.210. The molecule has 0 spiro atoms. The molecule has 0 bridgehead atoms. The highest BCUT2D eigenvalue weighted by molar-refractivity contribution is 7.11. The highest BCUT2D eigenvalue weighted by Crippen LogP contribution is 2.29. The number of amides is 2. The predicted octanol–water partition coefficient (Wildman–Crippen LogP) is 1.47. The van der Waals surface area contributed by atoms with Crippen molar-refractivity contribution in [3.05, 3.63) is 24.3 Å². The van der Waals surface area contributed by atoms with E-state index in [1.807, 2.05) is 24.3 Å². The van der Waals surface area contributed by atoms with Crippen molar-refractivity contribution >= 4 is 39.3 Å². The quantitative estimate of drug-likeness (QED) is 0.831. The average Bonchev–Trinajstić information content (AvgIpc) is 2.89. The minimum Gasteiger partial charge on any atom is -0.363 e. The Labute approximate surface area is 108 Å². The van der Waals surface area contributed by atoms with Crippen LogP contribution in [0.5, 0.6) is 0 Å². The Balaban J connectivity index is 1.89. The van der Waals surface area contributed by atoms with Crippen molar-refractivity contribution in [1.29, 1.82) is 0 Å². The topological polar surface area (TPSA) is 62.3 Å². The summed E-state index contributed by atoms with van der Waals surface area (Å²) in [4.78, 5) is 24.4. The van der Waals surface area contributed by atoms with Gasteiger partial charge in [-0.15, -0.1) is 0 Å². The van der Waals surface area contributed by atoms with Crippen LogP contribution in [0, 0.1) is 0 Å². The highest BCUT2D eigenvalue weighted by atomic mass is 32.1. The Kier molecular flexibility index (Phi) is 2.52. The lowest BCUT2D eigenvalue weighted by molar-refractivity contribution is -0.136. The van der Waals surface area contributed by atoms with Crippen LogP contribution in [0.1, 0.15) is 6.42 Å². The van der Waals surface area contributed by atoms with Gasteiger partial charge in [0, 0.05) is 12.4 Å². The number of likely N-dealkylation sites (N-methyl/N-ethyl adjacent to an activating group) is 1. The van der Waals surface area contributed by atoms with Gasteiger partial charge in [-0.2, -0.15) is 4.37 Å². The van der Waals surface area contributed by atoms with Crippen molar-refractivity contribution in [2.24, 2.45) is 0 Å². The van der Waals surface area contributed by atoms with Crippen LogP contribution in [0.4, 0.5) is 5.00 Å². The van der Waals surface area contributed by atoms with Crippen molar-refractivity contribution in [3.63, 3.8) is 0 Å². The molecule has 1 aromatic carbocycles.